The molecule has 0 radical (unpaired) electrons. The molecule has 0 unspecified atom stereocenters. The Kier molecular flexibility index (Phi) is 10.8. The third-order valence-corrected chi connectivity index (χ3v) is 4.13. The van der Waals surface area contributed by atoms with Crippen LogP contribution in [0.4, 0.5) is 0 Å². The summed E-state index contributed by atoms with van der Waals surface area (Å²) in [6.07, 6.45) is 16.7. The van der Waals surface area contributed by atoms with E-state index >= 15 is 0 Å². The van der Waals surface area contributed by atoms with Gasteiger partial charge in [-0.2, -0.15) is 11.8 Å². The van der Waals surface area contributed by atoms with Crippen molar-refractivity contribution in [3.8, 4) is 37.0 Å². The molecule has 0 aromatic carbocycles. The lowest BCUT2D eigenvalue weighted by Crippen LogP contribution is -2.29. The third kappa shape index (κ3) is 9.91. The largest absolute Gasteiger partial charge is 0.464 e. The summed E-state index contributed by atoms with van der Waals surface area (Å²) in [5.74, 6) is 10.9. The Bertz CT molecular complexity index is 736. The molecule has 0 atom stereocenters. The SMILES string of the molecule is C#CCN/C(=C/[N+](=O)[O-])NCCSCc1ccc(CN(CC#C)CC#C)o1. The van der Waals surface area contributed by atoms with Crippen LogP contribution in [-0.4, -0.2) is 41.8 Å². The highest BCUT2D eigenvalue weighted by Gasteiger charge is 2.08. The smallest absolute Gasteiger partial charge is 0.274 e. The molecule has 142 valence electrons. The van der Waals surface area contributed by atoms with Crippen LogP contribution in [0.25, 0.3) is 0 Å². The molecule has 8 heteroatoms. The number of terminal acetylenes is 3. The normalized spacial score (nSPS) is 10.7. The van der Waals surface area contributed by atoms with Gasteiger partial charge < -0.3 is 15.1 Å². The number of furan rings is 1. The first-order valence-electron chi connectivity index (χ1n) is 8.10. The van der Waals surface area contributed by atoms with Gasteiger partial charge >= 0.3 is 0 Å². The second-order valence-corrected chi connectivity index (χ2v) is 6.39. The molecule has 1 aromatic rings. The minimum absolute atomic E-state index is 0.214. The van der Waals surface area contributed by atoms with Gasteiger partial charge in [0.25, 0.3) is 6.20 Å². The minimum atomic E-state index is -0.535. The first-order chi connectivity index (χ1) is 13.1. The van der Waals surface area contributed by atoms with E-state index in [9.17, 15) is 10.1 Å². The molecule has 0 aliphatic carbocycles. The van der Waals surface area contributed by atoms with E-state index in [2.05, 4.69) is 28.4 Å². The molecule has 0 aliphatic rings. The fraction of sp³-hybridized carbons (Fsp3) is 0.368. The highest BCUT2D eigenvalue weighted by molar-refractivity contribution is 7.98. The Morgan fingerprint density at radius 1 is 1.22 bits per heavy atom. The van der Waals surface area contributed by atoms with Crippen molar-refractivity contribution in [2.24, 2.45) is 0 Å². The van der Waals surface area contributed by atoms with E-state index < -0.39 is 4.92 Å². The predicted octanol–water partition coefficient (Wildman–Crippen LogP) is 1.47. The average Bonchev–Trinajstić information content (AvgIpc) is 3.06. The lowest BCUT2D eigenvalue weighted by atomic mass is 10.4. The maximum atomic E-state index is 10.6. The summed E-state index contributed by atoms with van der Waals surface area (Å²) in [5.41, 5.74) is 0. The van der Waals surface area contributed by atoms with Crippen LogP contribution in [0.5, 0.6) is 0 Å². The zero-order chi connectivity index (χ0) is 19.9. The van der Waals surface area contributed by atoms with Crippen molar-refractivity contribution in [2.45, 2.75) is 12.3 Å². The molecular formula is C19H22N4O3S. The van der Waals surface area contributed by atoms with E-state index in [0.29, 0.717) is 37.8 Å². The van der Waals surface area contributed by atoms with E-state index in [1.54, 1.807) is 11.8 Å². The standard InChI is InChI=1S/C19H22N4O3S/c1-4-9-20-19(15-23(24)25)21-10-13-27-16-18-8-7-17(26-18)14-22(11-5-2)12-6-3/h1-3,7-8,15,20-21H,9-14,16H2/b19-15-. The quantitative estimate of drug-likeness (QED) is 0.230. The van der Waals surface area contributed by atoms with Crippen molar-refractivity contribution >= 4 is 11.8 Å². The number of thioether (sulfide) groups is 1. The van der Waals surface area contributed by atoms with Crippen molar-refractivity contribution in [1.29, 1.82) is 0 Å². The zero-order valence-corrected chi connectivity index (χ0v) is 15.8. The van der Waals surface area contributed by atoms with E-state index in [-0.39, 0.29) is 6.54 Å². The van der Waals surface area contributed by atoms with Crippen LogP contribution in [0.2, 0.25) is 0 Å². The maximum Gasteiger partial charge on any atom is 0.274 e. The molecule has 1 heterocycles. The van der Waals surface area contributed by atoms with Crippen molar-refractivity contribution in [3.05, 3.63) is 45.8 Å². The third-order valence-electron chi connectivity index (χ3n) is 3.15. The molecule has 0 amide bonds. The summed E-state index contributed by atoms with van der Waals surface area (Å²) < 4.78 is 5.78. The van der Waals surface area contributed by atoms with Gasteiger partial charge in [0.1, 0.15) is 11.5 Å². The first-order valence-corrected chi connectivity index (χ1v) is 9.25. The van der Waals surface area contributed by atoms with Crippen LogP contribution >= 0.6 is 11.8 Å². The van der Waals surface area contributed by atoms with Crippen LogP contribution in [0.15, 0.2) is 28.6 Å². The molecule has 0 spiro atoms. The van der Waals surface area contributed by atoms with Crippen LogP contribution in [-0.2, 0) is 12.3 Å². The van der Waals surface area contributed by atoms with E-state index in [1.165, 1.54) is 0 Å². The number of nitrogens with zero attached hydrogens (tertiary/aromatic N) is 2. The summed E-state index contributed by atoms with van der Waals surface area (Å²) in [7, 11) is 0. The van der Waals surface area contributed by atoms with E-state index in [4.69, 9.17) is 23.7 Å². The molecule has 0 fully saturated rings. The monoisotopic (exact) mass is 386 g/mol. The van der Waals surface area contributed by atoms with Gasteiger partial charge in [-0.25, -0.2) is 0 Å². The lowest BCUT2D eigenvalue weighted by molar-refractivity contribution is -0.404. The highest BCUT2D eigenvalue weighted by Crippen LogP contribution is 2.16. The molecule has 7 nitrogen and oxygen atoms in total. The maximum absolute atomic E-state index is 10.6. The number of nitrogens with one attached hydrogen (secondary N) is 2. The Morgan fingerprint density at radius 3 is 2.56 bits per heavy atom. The van der Waals surface area contributed by atoms with Crippen molar-refractivity contribution in [2.75, 3.05) is 31.9 Å². The summed E-state index contributed by atoms with van der Waals surface area (Å²) in [6.45, 7) is 2.26. The lowest BCUT2D eigenvalue weighted by Gasteiger charge is -2.14. The topological polar surface area (TPSA) is 83.6 Å². The Balaban J connectivity index is 2.35. The molecule has 0 aliphatic heterocycles. The van der Waals surface area contributed by atoms with Gasteiger partial charge in [0.2, 0.25) is 0 Å². The average molecular weight is 386 g/mol. The molecule has 1 aromatic heterocycles. The number of hydrogen-bond acceptors (Lipinski definition) is 7. The van der Waals surface area contributed by atoms with Crippen LogP contribution < -0.4 is 10.6 Å². The Hall–Kier alpha value is -2.99. The summed E-state index contributed by atoms with van der Waals surface area (Å²) in [6, 6.07) is 3.84. The Labute approximate surface area is 164 Å². The predicted molar refractivity (Wildman–Crippen MR) is 108 cm³/mol. The molecule has 0 saturated carbocycles. The van der Waals surface area contributed by atoms with Crippen molar-refractivity contribution in [1.82, 2.24) is 15.5 Å². The molecule has 0 bridgehead atoms. The van der Waals surface area contributed by atoms with E-state index in [1.807, 2.05) is 17.0 Å². The van der Waals surface area contributed by atoms with Gasteiger partial charge in [-0.15, -0.1) is 19.3 Å². The van der Waals surface area contributed by atoms with Gasteiger partial charge in [0.05, 0.1) is 36.9 Å². The molecule has 2 N–H and O–H groups in total. The summed E-state index contributed by atoms with van der Waals surface area (Å²) in [5, 5.41) is 16.3. The van der Waals surface area contributed by atoms with Crippen LogP contribution in [0.3, 0.4) is 0 Å². The summed E-state index contributed by atoms with van der Waals surface area (Å²) >= 11 is 1.64. The van der Waals surface area contributed by atoms with Crippen LogP contribution in [0.1, 0.15) is 11.5 Å². The fourth-order valence-corrected chi connectivity index (χ4v) is 2.81. The minimum Gasteiger partial charge on any atom is -0.464 e. The zero-order valence-electron chi connectivity index (χ0n) is 14.9. The molecular weight excluding hydrogens is 364 g/mol. The van der Waals surface area contributed by atoms with E-state index in [0.717, 1.165) is 23.5 Å². The molecule has 27 heavy (non-hydrogen) atoms. The second kappa shape index (κ2) is 13.2. The highest BCUT2D eigenvalue weighted by atomic mass is 32.2. The van der Waals surface area contributed by atoms with Crippen molar-refractivity contribution < 1.29 is 9.34 Å². The summed E-state index contributed by atoms with van der Waals surface area (Å²) in [4.78, 5) is 12.0. The number of hydrogen-bond donors (Lipinski definition) is 2. The fourth-order valence-electron chi connectivity index (χ4n) is 2.07. The molecule has 0 saturated heterocycles. The van der Waals surface area contributed by atoms with Gasteiger partial charge in [0.15, 0.2) is 5.82 Å². The van der Waals surface area contributed by atoms with Crippen molar-refractivity contribution in [3.63, 3.8) is 0 Å². The number of nitro groups is 1. The van der Waals surface area contributed by atoms with Gasteiger partial charge in [-0.1, -0.05) is 17.8 Å². The van der Waals surface area contributed by atoms with Gasteiger partial charge in [-0.05, 0) is 12.1 Å². The van der Waals surface area contributed by atoms with Gasteiger partial charge in [-0.3, -0.25) is 15.0 Å². The Morgan fingerprint density at radius 2 is 1.93 bits per heavy atom. The molecule has 1 rings (SSSR count). The number of rotatable bonds is 13. The van der Waals surface area contributed by atoms with Crippen LogP contribution in [0, 0.1) is 47.1 Å². The second-order valence-electron chi connectivity index (χ2n) is 5.29. The first kappa shape index (κ1) is 22.1. The van der Waals surface area contributed by atoms with Gasteiger partial charge in [0, 0.05) is 12.3 Å².